The first-order valence-electron chi connectivity index (χ1n) is 7.12. The fraction of sp³-hybridized carbons (Fsp3) is 0.250. The molecule has 0 bridgehead atoms. The molecule has 0 aliphatic carbocycles. The van der Waals surface area contributed by atoms with Crippen molar-refractivity contribution in [2.45, 2.75) is 20.0 Å². The number of H-pyrrole nitrogens is 1. The molecule has 23 heavy (non-hydrogen) atoms. The van der Waals surface area contributed by atoms with E-state index in [1.807, 2.05) is 24.3 Å². The van der Waals surface area contributed by atoms with Gasteiger partial charge in [0.1, 0.15) is 11.5 Å². The second-order valence-corrected chi connectivity index (χ2v) is 5.37. The summed E-state index contributed by atoms with van der Waals surface area (Å²) >= 11 is 0. The summed E-state index contributed by atoms with van der Waals surface area (Å²) in [6.45, 7) is -0.994. The van der Waals surface area contributed by atoms with Crippen molar-refractivity contribution < 1.29 is 13.6 Å². The second kappa shape index (κ2) is 5.83. The van der Waals surface area contributed by atoms with Gasteiger partial charge >= 0.3 is 6.55 Å². The molecular formula is C16H16F2N4O. The van der Waals surface area contributed by atoms with E-state index in [1.54, 1.807) is 14.0 Å². The number of aromatic nitrogens is 3. The Bertz CT molecular complexity index is 820. The Morgan fingerprint density at radius 3 is 2.74 bits per heavy atom. The van der Waals surface area contributed by atoms with Crippen molar-refractivity contribution in [2.24, 2.45) is 0 Å². The standard InChI is InChI=1S/C16H16F2N4O/c1-10-7-8-13(22(10)16(17)18)15(23)21(2)9-14-19-11-5-3-4-6-12(11)20-14/h3-8,16H,9H2,1-2H3,(H,19,20). The number of rotatable bonds is 4. The fourth-order valence-corrected chi connectivity index (χ4v) is 2.56. The van der Waals surface area contributed by atoms with E-state index < -0.39 is 12.5 Å². The van der Waals surface area contributed by atoms with Gasteiger partial charge in [-0.2, -0.15) is 8.78 Å². The molecule has 1 amide bonds. The van der Waals surface area contributed by atoms with E-state index in [0.717, 1.165) is 15.6 Å². The van der Waals surface area contributed by atoms with Crippen molar-refractivity contribution in [3.63, 3.8) is 0 Å². The number of amides is 1. The van der Waals surface area contributed by atoms with Gasteiger partial charge in [0.05, 0.1) is 17.6 Å². The van der Waals surface area contributed by atoms with Crippen LogP contribution in [0.4, 0.5) is 8.78 Å². The van der Waals surface area contributed by atoms with Crippen molar-refractivity contribution in [3.8, 4) is 0 Å². The number of nitrogens with one attached hydrogen (secondary N) is 1. The lowest BCUT2D eigenvalue weighted by Gasteiger charge is -2.17. The predicted octanol–water partition coefficient (Wildman–Crippen LogP) is 3.34. The minimum atomic E-state index is -2.75. The van der Waals surface area contributed by atoms with Crippen molar-refractivity contribution in [1.82, 2.24) is 19.4 Å². The lowest BCUT2D eigenvalue weighted by atomic mass is 10.3. The maximum Gasteiger partial charge on any atom is 0.319 e. The van der Waals surface area contributed by atoms with E-state index >= 15 is 0 Å². The van der Waals surface area contributed by atoms with Gasteiger partial charge in [0.15, 0.2) is 0 Å². The zero-order chi connectivity index (χ0) is 16.6. The normalized spacial score (nSPS) is 11.3. The van der Waals surface area contributed by atoms with Crippen molar-refractivity contribution >= 4 is 16.9 Å². The van der Waals surface area contributed by atoms with Gasteiger partial charge in [-0.3, -0.25) is 9.36 Å². The molecule has 0 unspecified atom stereocenters. The number of carbonyl (C=O) groups is 1. The Balaban J connectivity index is 1.82. The number of alkyl halides is 2. The summed E-state index contributed by atoms with van der Waals surface area (Å²) in [5.74, 6) is 0.132. The van der Waals surface area contributed by atoms with Gasteiger partial charge in [-0.05, 0) is 31.2 Å². The SMILES string of the molecule is Cc1ccc(C(=O)N(C)Cc2nc3ccccc3[nH]2)n1C(F)F. The molecule has 0 fully saturated rings. The number of aromatic amines is 1. The zero-order valence-corrected chi connectivity index (χ0v) is 12.8. The van der Waals surface area contributed by atoms with Crippen LogP contribution < -0.4 is 0 Å². The molecular weight excluding hydrogens is 302 g/mol. The van der Waals surface area contributed by atoms with Crippen LogP contribution in [0.2, 0.25) is 0 Å². The highest BCUT2D eigenvalue weighted by atomic mass is 19.3. The molecule has 120 valence electrons. The van der Waals surface area contributed by atoms with Gasteiger partial charge in [-0.15, -0.1) is 0 Å². The van der Waals surface area contributed by atoms with Crippen molar-refractivity contribution in [1.29, 1.82) is 0 Å². The van der Waals surface area contributed by atoms with Crippen LogP contribution in [0.15, 0.2) is 36.4 Å². The fourth-order valence-electron chi connectivity index (χ4n) is 2.56. The molecule has 1 N–H and O–H groups in total. The Labute approximate surface area is 131 Å². The number of benzene rings is 1. The van der Waals surface area contributed by atoms with Crippen LogP contribution in [-0.4, -0.2) is 32.4 Å². The third-order valence-electron chi connectivity index (χ3n) is 3.71. The second-order valence-electron chi connectivity index (χ2n) is 5.37. The molecule has 0 aliphatic rings. The Morgan fingerprint density at radius 2 is 2.04 bits per heavy atom. The topological polar surface area (TPSA) is 53.9 Å². The summed E-state index contributed by atoms with van der Waals surface area (Å²) in [7, 11) is 1.56. The maximum atomic E-state index is 13.1. The largest absolute Gasteiger partial charge is 0.340 e. The quantitative estimate of drug-likeness (QED) is 0.802. The third kappa shape index (κ3) is 2.81. The average Bonchev–Trinajstić information content (AvgIpc) is 3.08. The zero-order valence-electron chi connectivity index (χ0n) is 12.8. The van der Waals surface area contributed by atoms with Gasteiger partial charge in [-0.25, -0.2) is 4.98 Å². The molecule has 0 spiro atoms. The van der Waals surface area contributed by atoms with Crippen LogP contribution in [0.3, 0.4) is 0 Å². The van der Waals surface area contributed by atoms with Gasteiger partial charge in [0.2, 0.25) is 0 Å². The van der Waals surface area contributed by atoms with E-state index in [0.29, 0.717) is 11.5 Å². The number of fused-ring (bicyclic) bond motifs is 1. The highest BCUT2D eigenvalue weighted by molar-refractivity contribution is 5.92. The van der Waals surface area contributed by atoms with E-state index in [-0.39, 0.29) is 12.2 Å². The summed E-state index contributed by atoms with van der Waals surface area (Å²) in [6, 6.07) is 10.4. The number of carbonyl (C=O) groups excluding carboxylic acids is 1. The number of aryl methyl sites for hydroxylation is 1. The Morgan fingerprint density at radius 1 is 1.30 bits per heavy atom. The Hall–Kier alpha value is -2.70. The molecule has 3 aromatic rings. The molecule has 0 aliphatic heterocycles. The van der Waals surface area contributed by atoms with Crippen molar-refractivity contribution in [2.75, 3.05) is 7.05 Å². The lowest BCUT2D eigenvalue weighted by molar-refractivity contribution is 0.0563. The third-order valence-corrected chi connectivity index (χ3v) is 3.71. The molecule has 0 radical (unpaired) electrons. The molecule has 2 aromatic heterocycles. The minimum absolute atomic E-state index is 0.0314. The average molecular weight is 318 g/mol. The summed E-state index contributed by atoms with van der Waals surface area (Å²) < 4.78 is 26.9. The predicted molar refractivity (Wildman–Crippen MR) is 82.3 cm³/mol. The number of nitrogens with zero attached hydrogens (tertiary/aromatic N) is 3. The molecule has 1 aromatic carbocycles. The molecule has 0 atom stereocenters. The van der Waals surface area contributed by atoms with Gasteiger partial charge in [-0.1, -0.05) is 12.1 Å². The molecule has 3 rings (SSSR count). The summed E-state index contributed by atoms with van der Waals surface area (Å²) in [6.07, 6.45) is 0. The number of halogens is 2. The Kier molecular flexibility index (Phi) is 3.85. The summed E-state index contributed by atoms with van der Waals surface area (Å²) in [4.78, 5) is 21.3. The first kappa shape index (κ1) is 15.2. The van der Waals surface area contributed by atoms with Crippen LogP contribution in [0, 0.1) is 6.92 Å². The molecule has 0 saturated heterocycles. The highest BCUT2D eigenvalue weighted by Crippen LogP contribution is 2.20. The molecule has 5 nitrogen and oxygen atoms in total. The maximum absolute atomic E-state index is 13.1. The highest BCUT2D eigenvalue weighted by Gasteiger charge is 2.22. The lowest BCUT2D eigenvalue weighted by Crippen LogP contribution is -2.29. The van der Waals surface area contributed by atoms with E-state index in [9.17, 15) is 13.6 Å². The number of hydrogen-bond donors (Lipinski definition) is 1. The number of hydrogen-bond acceptors (Lipinski definition) is 2. The van der Waals surface area contributed by atoms with Crippen molar-refractivity contribution in [3.05, 3.63) is 53.6 Å². The minimum Gasteiger partial charge on any atom is -0.340 e. The van der Waals surface area contributed by atoms with Crippen LogP contribution in [0.25, 0.3) is 11.0 Å². The molecule has 2 heterocycles. The monoisotopic (exact) mass is 318 g/mol. The van der Waals surface area contributed by atoms with Gasteiger partial charge in [0.25, 0.3) is 5.91 Å². The molecule has 7 heteroatoms. The number of para-hydroxylation sites is 2. The first-order valence-corrected chi connectivity index (χ1v) is 7.12. The van der Waals surface area contributed by atoms with Crippen LogP contribution in [-0.2, 0) is 6.54 Å². The number of imidazole rings is 1. The van der Waals surface area contributed by atoms with Gasteiger partial charge < -0.3 is 9.88 Å². The summed E-state index contributed by atoms with van der Waals surface area (Å²) in [5, 5.41) is 0. The van der Waals surface area contributed by atoms with Crippen LogP contribution in [0.5, 0.6) is 0 Å². The first-order chi connectivity index (χ1) is 11.0. The van der Waals surface area contributed by atoms with E-state index in [1.165, 1.54) is 17.0 Å². The van der Waals surface area contributed by atoms with E-state index in [4.69, 9.17) is 0 Å². The molecule has 0 saturated carbocycles. The summed E-state index contributed by atoms with van der Waals surface area (Å²) in [5.41, 5.74) is 1.99. The van der Waals surface area contributed by atoms with E-state index in [2.05, 4.69) is 9.97 Å². The van der Waals surface area contributed by atoms with Crippen LogP contribution >= 0.6 is 0 Å². The smallest absolute Gasteiger partial charge is 0.319 e. The van der Waals surface area contributed by atoms with Gasteiger partial charge in [0, 0.05) is 12.7 Å². The van der Waals surface area contributed by atoms with Crippen LogP contribution in [0.1, 0.15) is 28.6 Å².